The number of hydrogen-bond acceptors (Lipinski definition) is 4. The van der Waals surface area contributed by atoms with Crippen LogP contribution in [0.1, 0.15) is 15.9 Å². The van der Waals surface area contributed by atoms with E-state index in [1.54, 1.807) is 24.3 Å². The molecular weight excluding hydrogens is 289 g/mol. The van der Waals surface area contributed by atoms with E-state index >= 15 is 0 Å². The van der Waals surface area contributed by atoms with Crippen LogP contribution < -0.4 is 19.5 Å². The Balaban J connectivity index is 1.66. The summed E-state index contributed by atoms with van der Waals surface area (Å²) >= 11 is 0. The Morgan fingerprint density at radius 2 is 2.05 bits per heavy atom. The highest BCUT2D eigenvalue weighted by atomic mass is 19.1. The van der Waals surface area contributed by atoms with Crippen LogP contribution in [-0.2, 0) is 6.54 Å². The average Bonchev–Trinajstić information content (AvgIpc) is 3.00. The molecule has 1 N–H and O–H groups in total. The summed E-state index contributed by atoms with van der Waals surface area (Å²) in [5.74, 6) is 0.606. The van der Waals surface area contributed by atoms with Gasteiger partial charge >= 0.3 is 0 Å². The number of methoxy groups -OCH3 is 1. The molecule has 2 aromatic carbocycles. The standard InChI is InChI=1S/C16H14FNO4/c1-20-13-4-2-10(6-12(13)17)8-18-16(19)11-3-5-14-15(7-11)22-9-21-14/h2-7H,8-9H2,1H3,(H,18,19). The van der Waals surface area contributed by atoms with Crippen LogP contribution in [0.3, 0.4) is 0 Å². The van der Waals surface area contributed by atoms with Gasteiger partial charge in [-0.3, -0.25) is 4.79 Å². The normalized spacial score (nSPS) is 12.1. The van der Waals surface area contributed by atoms with Crippen molar-refractivity contribution in [1.82, 2.24) is 5.32 Å². The van der Waals surface area contributed by atoms with Gasteiger partial charge in [0.2, 0.25) is 6.79 Å². The van der Waals surface area contributed by atoms with E-state index in [0.29, 0.717) is 22.6 Å². The van der Waals surface area contributed by atoms with Crippen molar-refractivity contribution in [2.24, 2.45) is 0 Å². The first-order chi connectivity index (χ1) is 10.7. The van der Waals surface area contributed by atoms with Gasteiger partial charge in [0.05, 0.1) is 7.11 Å². The number of amides is 1. The molecule has 0 aliphatic carbocycles. The van der Waals surface area contributed by atoms with Crippen LogP contribution in [0.5, 0.6) is 17.2 Å². The SMILES string of the molecule is COc1ccc(CNC(=O)c2ccc3c(c2)OCO3)cc1F. The number of carbonyl (C=O) groups is 1. The minimum absolute atomic E-state index is 0.158. The van der Waals surface area contributed by atoms with Crippen LogP contribution >= 0.6 is 0 Å². The predicted molar refractivity (Wildman–Crippen MR) is 76.7 cm³/mol. The van der Waals surface area contributed by atoms with E-state index in [0.717, 1.165) is 0 Å². The van der Waals surface area contributed by atoms with Gasteiger partial charge in [-0.2, -0.15) is 0 Å². The van der Waals surface area contributed by atoms with Gasteiger partial charge in [0.25, 0.3) is 5.91 Å². The lowest BCUT2D eigenvalue weighted by Gasteiger charge is -2.08. The van der Waals surface area contributed by atoms with E-state index in [4.69, 9.17) is 14.2 Å². The molecule has 0 fully saturated rings. The van der Waals surface area contributed by atoms with Gasteiger partial charge < -0.3 is 19.5 Å². The number of hydrogen-bond donors (Lipinski definition) is 1. The topological polar surface area (TPSA) is 56.8 Å². The number of carbonyl (C=O) groups excluding carboxylic acids is 1. The van der Waals surface area contributed by atoms with Gasteiger partial charge in [-0.1, -0.05) is 6.07 Å². The van der Waals surface area contributed by atoms with Gasteiger partial charge in [0.1, 0.15) is 0 Å². The molecule has 0 radical (unpaired) electrons. The summed E-state index contributed by atoms with van der Waals surface area (Å²) in [7, 11) is 1.40. The monoisotopic (exact) mass is 303 g/mol. The average molecular weight is 303 g/mol. The maximum Gasteiger partial charge on any atom is 0.251 e. The number of rotatable bonds is 4. The molecule has 114 valence electrons. The molecule has 0 spiro atoms. The second kappa shape index (κ2) is 5.93. The lowest BCUT2D eigenvalue weighted by molar-refractivity contribution is 0.0950. The number of benzene rings is 2. The predicted octanol–water partition coefficient (Wildman–Crippen LogP) is 2.49. The highest BCUT2D eigenvalue weighted by Crippen LogP contribution is 2.32. The first kappa shape index (κ1) is 14.2. The number of ether oxygens (including phenoxy) is 3. The molecule has 0 saturated carbocycles. The molecule has 5 nitrogen and oxygen atoms in total. The van der Waals surface area contributed by atoms with E-state index in [9.17, 15) is 9.18 Å². The molecular formula is C16H14FNO4. The van der Waals surface area contributed by atoms with E-state index in [1.807, 2.05) is 0 Å². The summed E-state index contributed by atoms with van der Waals surface area (Å²) < 4.78 is 28.8. The van der Waals surface area contributed by atoms with Crippen LogP contribution in [0, 0.1) is 5.82 Å². The van der Waals surface area contributed by atoms with Crippen molar-refractivity contribution in [2.45, 2.75) is 6.54 Å². The zero-order valence-electron chi connectivity index (χ0n) is 11.9. The van der Waals surface area contributed by atoms with E-state index < -0.39 is 5.82 Å². The van der Waals surface area contributed by atoms with Crippen LogP contribution in [-0.4, -0.2) is 19.8 Å². The van der Waals surface area contributed by atoms with Crippen LogP contribution in [0.2, 0.25) is 0 Å². The highest BCUT2D eigenvalue weighted by Gasteiger charge is 2.16. The summed E-state index contributed by atoms with van der Waals surface area (Å²) in [6.07, 6.45) is 0. The molecule has 22 heavy (non-hydrogen) atoms. The van der Waals surface area contributed by atoms with Crippen molar-refractivity contribution < 1.29 is 23.4 Å². The number of fused-ring (bicyclic) bond motifs is 1. The lowest BCUT2D eigenvalue weighted by Crippen LogP contribution is -2.22. The minimum Gasteiger partial charge on any atom is -0.494 e. The van der Waals surface area contributed by atoms with Gasteiger partial charge in [0, 0.05) is 12.1 Å². The van der Waals surface area contributed by atoms with Gasteiger partial charge in [-0.05, 0) is 35.9 Å². The molecule has 2 aromatic rings. The molecule has 0 unspecified atom stereocenters. The first-order valence-electron chi connectivity index (χ1n) is 6.67. The maximum absolute atomic E-state index is 13.6. The van der Waals surface area contributed by atoms with Crippen molar-refractivity contribution in [3.05, 3.63) is 53.3 Å². The molecule has 1 heterocycles. The molecule has 0 atom stereocenters. The molecule has 0 aromatic heterocycles. The van der Waals surface area contributed by atoms with E-state index in [1.165, 1.54) is 19.2 Å². The van der Waals surface area contributed by atoms with Gasteiger partial charge in [-0.25, -0.2) is 4.39 Å². The molecule has 0 bridgehead atoms. The van der Waals surface area contributed by atoms with Crippen molar-refractivity contribution in [3.8, 4) is 17.2 Å². The first-order valence-corrected chi connectivity index (χ1v) is 6.67. The molecule has 3 rings (SSSR count). The Morgan fingerprint density at radius 3 is 2.82 bits per heavy atom. The molecule has 1 aliphatic rings. The zero-order valence-corrected chi connectivity index (χ0v) is 11.9. The fourth-order valence-corrected chi connectivity index (χ4v) is 2.14. The van der Waals surface area contributed by atoms with E-state index in [2.05, 4.69) is 5.32 Å². The van der Waals surface area contributed by atoms with Gasteiger partial charge in [-0.15, -0.1) is 0 Å². The Hall–Kier alpha value is -2.76. The number of halogens is 1. The fourth-order valence-electron chi connectivity index (χ4n) is 2.14. The van der Waals surface area contributed by atoms with Crippen molar-refractivity contribution in [1.29, 1.82) is 0 Å². The van der Waals surface area contributed by atoms with Crippen LogP contribution in [0.4, 0.5) is 4.39 Å². The summed E-state index contributed by atoms with van der Waals surface area (Å²) in [5.41, 5.74) is 1.10. The summed E-state index contributed by atoms with van der Waals surface area (Å²) in [4.78, 5) is 12.1. The van der Waals surface area contributed by atoms with E-state index in [-0.39, 0.29) is 25.0 Å². The maximum atomic E-state index is 13.6. The third-order valence-corrected chi connectivity index (χ3v) is 3.30. The zero-order chi connectivity index (χ0) is 15.5. The van der Waals surface area contributed by atoms with Crippen LogP contribution in [0.25, 0.3) is 0 Å². The van der Waals surface area contributed by atoms with Crippen molar-refractivity contribution >= 4 is 5.91 Å². The Kier molecular flexibility index (Phi) is 3.82. The second-order valence-electron chi connectivity index (χ2n) is 4.72. The van der Waals surface area contributed by atoms with Gasteiger partial charge in [0.15, 0.2) is 23.1 Å². The quantitative estimate of drug-likeness (QED) is 0.943. The smallest absolute Gasteiger partial charge is 0.251 e. The molecule has 0 saturated heterocycles. The van der Waals surface area contributed by atoms with Crippen molar-refractivity contribution in [2.75, 3.05) is 13.9 Å². The van der Waals surface area contributed by atoms with Crippen LogP contribution in [0.15, 0.2) is 36.4 Å². The Morgan fingerprint density at radius 1 is 1.23 bits per heavy atom. The summed E-state index contributed by atoms with van der Waals surface area (Å²) in [5, 5.41) is 2.73. The second-order valence-corrected chi connectivity index (χ2v) is 4.72. The summed E-state index contributed by atoms with van der Waals surface area (Å²) in [6.45, 7) is 0.375. The highest BCUT2D eigenvalue weighted by molar-refractivity contribution is 5.94. The minimum atomic E-state index is -0.461. The molecule has 1 aliphatic heterocycles. The van der Waals surface area contributed by atoms with Crippen molar-refractivity contribution in [3.63, 3.8) is 0 Å². The largest absolute Gasteiger partial charge is 0.494 e. The summed E-state index contributed by atoms with van der Waals surface area (Å²) in [6, 6.07) is 9.51. The third-order valence-electron chi connectivity index (χ3n) is 3.30. The lowest BCUT2D eigenvalue weighted by atomic mass is 10.1. The third kappa shape index (κ3) is 2.81. The Labute approximate surface area is 126 Å². The molecule has 6 heteroatoms. The fraction of sp³-hybridized carbons (Fsp3) is 0.188. The Bertz CT molecular complexity index is 717. The number of nitrogens with one attached hydrogen (secondary N) is 1. The molecule has 1 amide bonds.